The van der Waals surface area contributed by atoms with Gasteiger partial charge in [-0.2, -0.15) is 0 Å². The van der Waals surface area contributed by atoms with Gasteiger partial charge < -0.3 is 0 Å². The average molecular weight is 238 g/mol. The van der Waals surface area contributed by atoms with Crippen molar-refractivity contribution in [3.8, 4) is 0 Å². The molecule has 0 nitrogen and oxygen atoms in total. The molecule has 1 aliphatic carbocycles. The summed E-state index contributed by atoms with van der Waals surface area (Å²) >= 11 is 0. The third kappa shape index (κ3) is 5.93. The van der Waals surface area contributed by atoms with Gasteiger partial charge in [0.1, 0.15) is 0 Å². The monoisotopic (exact) mass is 238 g/mol. The van der Waals surface area contributed by atoms with Crippen molar-refractivity contribution in [2.45, 2.75) is 85.5 Å². The van der Waals surface area contributed by atoms with Crippen molar-refractivity contribution in [1.29, 1.82) is 0 Å². The van der Waals surface area contributed by atoms with E-state index in [9.17, 15) is 0 Å². The smallest absolute Gasteiger partial charge is 0.0383 e. The van der Waals surface area contributed by atoms with Gasteiger partial charge >= 0.3 is 0 Å². The SMILES string of the molecule is CCCCC(CC(C)CCC(C)C)C1CCC1. The first kappa shape index (κ1) is 15.1. The van der Waals surface area contributed by atoms with Crippen molar-refractivity contribution < 1.29 is 0 Å². The van der Waals surface area contributed by atoms with Crippen LogP contribution in [0.15, 0.2) is 0 Å². The van der Waals surface area contributed by atoms with Gasteiger partial charge in [-0.05, 0) is 30.1 Å². The molecule has 0 heterocycles. The summed E-state index contributed by atoms with van der Waals surface area (Å²) in [6.45, 7) is 9.53. The molecule has 0 N–H and O–H groups in total. The minimum absolute atomic E-state index is 0.884. The zero-order chi connectivity index (χ0) is 12.7. The van der Waals surface area contributed by atoms with Crippen LogP contribution in [0.1, 0.15) is 85.5 Å². The van der Waals surface area contributed by atoms with Crippen LogP contribution in [-0.2, 0) is 0 Å². The molecular weight excluding hydrogens is 204 g/mol. The van der Waals surface area contributed by atoms with Crippen LogP contribution in [0.4, 0.5) is 0 Å². The van der Waals surface area contributed by atoms with Crippen molar-refractivity contribution >= 4 is 0 Å². The van der Waals surface area contributed by atoms with E-state index >= 15 is 0 Å². The van der Waals surface area contributed by atoms with E-state index in [1.54, 1.807) is 0 Å². The summed E-state index contributed by atoms with van der Waals surface area (Å²) in [4.78, 5) is 0. The molecule has 0 spiro atoms. The summed E-state index contributed by atoms with van der Waals surface area (Å²) in [6, 6.07) is 0. The zero-order valence-electron chi connectivity index (χ0n) is 12.7. The van der Waals surface area contributed by atoms with Gasteiger partial charge in [-0.3, -0.25) is 0 Å². The van der Waals surface area contributed by atoms with Crippen LogP contribution < -0.4 is 0 Å². The van der Waals surface area contributed by atoms with E-state index in [0.29, 0.717) is 0 Å². The second kappa shape index (κ2) is 8.16. The Bertz CT molecular complexity index is 178. The molecule has 0 amide bonds. The van der Waals surface area contributed by atoms with Gasteiger partial charge in [-0.25, -0.2) is 0 Å². The molecule has 1 saturated carbocycles. The maximum atomic E-state index is 2.49. The lowest BCUT2D eigenvalue weighted by atomic mass is 9.70. The molecule has 0 bridgehead atoms. The molecule has 0 radical (unpaired) electrons. The summed E-state index contributed by atoms with van der Waals surface area (Å²) in [5.74, 6) is 4.00. The molecule has 2 atom stereocenters. The van der Waals surface area contributed by atoms with Crippen molar-refractivity contribution in [2.75, 3.05) is 0 Å². The van der Waals surface area contributed by atoms with Gasteiger partial charge in [-0.1, -0.05) is 79.1 Å². The Morgan fingerprint density at radius 3 is 2.18 bits per heavy atom. The zero-order valence-corrected chi connectivity index (χ0v) is 12.7. The summed E-state index contributed by atoms with van der Waals surface area (Å²) in [6.07, 6.45) is 13.3. The molecular formula is C17H34. The molecule has 1 rings (SSSR count). The van der Waals surface area contributed by atoms with E-state index < -0.39 is 0 Å². The quantitative estimate of drug-likeness (QED) is 0.458. The van der Waals surface area contributed by atoms with Gasteiger partial charge in [0, 0.05) is 0 Å². The molecule has 0 aromatic rings. The second-order valence-electron chi connectivity index (χ2n) is 6.91. The molecule has 0 saturated heterocycles. The minimum atomic E-state index is 0.884. The van der Waals surface area contributed by atoms with Gasteiger partial charge in [0.25, 0.3) is 0 Å². The van der Waals surface area contributed by atoms with Crippen LogP contribution in [0.25, 0.3) is 0 Å². The molecule has 17 heavy (non-hydrogen) atoms. The molecule has 1 fully saturated rings. The van der Waals surface area contributed by atoms with Crippen LogP contribution in [-0.4, -0.2) is 0 Å². The normalized spacial score (nSPS) is 20.3. The largest absolute Gasteiger partial charge is 0.0654 e. The Kier molecular flexibility index (Phi) is 7.23. The first-order valence-corrected chi connectivity index (χ1v) is 8.13. The fourth-order valence-corrected chi connectivity index (χ4v) is 3.18. The van der Waals surface area contributed by atoms with Gasteiger partial charge in [0.15, 0.2) is 0 Å². The van der Waals surface area contributed by atoms with E-state index in [1.165, 1.54) is 57.8 Å². The predicted molar refractivity (Wildman–Crippen MR) is 78.2 cm³/mol. The van der Waals surface area contributed by atoms with Crippen LogP contribution in [0.3, 0.4) is 0 Å². The van der Waals surface area contributed by atoms with Crippen molar-refractivity contribution in [1.82, 2.24) is 0 Å². The Labute approximate surface area is 110 Å². The fourth-order valence-electron chi connectivity index (χ4n) is 3.18. The Morgan fingerprint density at radius 1 is 1.00 bits per heavy atom. The Hall–Kier alpha value is 0. The molecule has 0 aliphatic heterocycles. The van der Waals surface area contributed by atoms with E-state index in [1.807, 2.05) is 0 Å². The molecule has 0 aromatic carbocycles. The molecule has 2 unspecified atom stereocenters. The first-order valence-electron chi connectivity index (χ1n) is 8.13. The standard InChI is InChI=1S/C17H34/c1-5-6-8-17(16-9-7-10-16)13-15(4)12-11-14(2)3/h14-17H,5-13H2,1-4H3. The highest BCUT2D eigenvalue weighted by Crippen LogP contribution is 2.39. The van der Waals surface area contributed by atoms with Crippen LogP contribution in [0, 0.1) is 23.7 Å². The highest BCUT2D eigenvalue weighted by Gasteiger charge is 2.27. The Balaban J connectivity index is 2.25. The lowest BCUT2D eigenvalue weighted by molar-refractivity contribution is 0.161. The predicted octanol–water partition coefficient (Wildman–Crippen LogP) is 6.06. The summed E-state index contributed by atoms with van der Waals surface area (Å²) in [5.41, 5.74) is 0. The maximum absolute atomic E-state index is 2.49. The summed E-state index contributed by atoms with van der Waals surface area (Å²) in [7, 11) is 0. The number of rotatable bonds is 9. The highest BCUT2D eigenvalue weighted by molar-refractivity contribution is 4.79. The van der Waals surface area contributed by atoms with E-state index in [-0.39, 0.29) is 0 Å². The van der Waals surface area contributed by atoms with E-state index in [4.69, 9.17) is 0 Å². The summed E-state index contributed by atoms with van der Waals surface area (Å²) < 4.78 is 0. The van der Waals surface area contributed by atoms with Crippen molar-refractivity contribution in [3.63, 3.8) is 0 Å². The van der Waals surface area contributed by atoms with Gasteiger partial charge in [0.2, 0.25) is 0 Å². The lowest BCUT2D eigenvalue weighted by Gasteiger charge is -2.35. The van der Waals surface area contributed by atoms with Gasteiger partial charge in [0.05, 0.1) is 0 Å². The second-order valence-corrected chi connectivity index (χ2v) is 6.91. The van der Waals surface area contributed by atoms with E-state index in [2.05, 4.69) is 27.7 Å². The minimum Gasteiger partial charge on any atom is -0.0654 e. The van der Waals surface area contributed by atoms with E-state index in [0.717, 1.165) is 23.7 Å². The third-order valence-corrected chi connectivity index (χ3v) is 4.69. The van der Waals surface area contributed by atoms with Crippen LogP contribution in [0.2, 0.25) is 0 Å². The third-order valence-electron chi connectivity index (χ3n) is 4.69. The topological polar surface area (TPSA) is 0 Å². The molecule has 1 aliphatic rings. The maximum Gasteiger partial charge on any atom is -0.0383 e. The summed E-state index contributed by atoms with van der Waals surface area (Å²) in [5, 5.41) is 0. The number of hydrogen-bond donors (Lipinski definition) is 0. The van der Waals surface area contributed by atoms with Crippen LogP contribution in [0.5, 0.6) is 0 Å². The average Bonchev–Trinajstić information content (AvgIpc) is 2.20. The van der Waals surface area contributed by atoms with Crippen molar-refractivity contribution in [3.05, 3.63) is 0 Å². The van der Waals surface area contributed by atoms with Crippen LogP contribution >= 0.6 is 0 Å². The van der Waals surface area contributed by atoms with Gasteiger partial charge in [-0.15, -0.1) is 0 Å². The Morgan fingerprint density at radius 2 is 1.71 bits per heavy atom. The molecule has 102 valence electrons. The molecule has 0 heteroatoms. The fraction of sp³-hybridized carbons (Fsp3) is 1.00. The lowest BCUT2D eigenvalue weighted by Crippen LogP contribution is -2.24. The first-order chi connectivity index (χ1) is 8.13. The molecule has 0 aromatic heterocycles. The number of unbranched alkanes of at least 4 members (excludes halogenated alkanes) is 1. The van der Waals surface area contributed by atoms with Crippen molar-refractivity contribution in [2.24, 2.45) is 23.7 Å². The highest BCUT2D eigenvalue weighted by atomic mass is 14.3. The number of hydrogen-bond acceptors (Lipinski definition) is 0.